The SMILES string of the molecule is CC(C)(C)OC(=O)N1CC(c2ccc(/C(=C(/CCCF)c3ccccc3)c3ccc(O)cc3)cc2)C1.C[Si](C)(CN1CCCC1)c1ccc(/C(=C(/CCCO)c2ccccc2)c2ccc(O)cc2)cc1.OCCC/C(=C(\c1ccc(O)cc1)c1ccc(N2CCCCC2)cc1)c1ccccc1. The molecule has 0 saturated carbocycles. The smallest absolute Gasteiger partial charge is 0.410 e. The summed E-state index contributed by atoms with van der Waals surface area (Å²) in [7, 11) is -1.56. The third-order valence-corrected chi connectivity index (χ3v) is 22.5. The molecule has 1 amide bonds. The number of carbonyl (C=O) groups is 1. The molecule has 0 bridgehead atoms. The maximum absolute atomic E-state index is 13.3. The van der Waals surface area contributed by atoms with E-state index < -0.39 is 13.7 Å². The summed E-state index contributed by atoms with van der Waals surface area (Å²) in [6.45, 7) is 16.5. The standard InChI is InChI=1S/C31H34FNO3.C30H37NO2Si.C28H31NO2/c1-31(2,3)36-30(35)33-20-26(21-33)22-11-13-24(14-12-22)29(25-15-17-27(34)18-16-25)28(10-7-19-32)23-8-5-4-6-9-23;1-34(2,23-31-20-6-7-21-31)28-18-14-26(15-19-28)30(25-12-16-27(33)17-13-25)29(11-8-22-32)24-9-4-3-5-10-24;30-21-7-10-27(22-8-3-1-4-9-22)28(24-13-17-26(31)18-14-24)23-11-15-25(16-12-23)29-19-5-2-6-20-29/h4-6,8-9,11-18,26,34H,7,10,19-21H2,1-3H3;3-5,9-10,12-19,32-33H,6-8,11,20-23H2,1-2H3;1,3-4,8-9,11-18,30-31H,2,5-7,10,19-21H2/b29-28+;30-29-;28-27+. The van der Waals surface area contributed by atoms with Crippen molar-refractivity contribution < 1.29 is 39.5 Å². The lowest BCUT2D eigenvalue weighted by molar-refractivity contribution is 0.00818. The van der Waals surface area contributed by atoms with Gasteiger partial charge in [-0.3, -0.25) is 4.39 Å². The van der Waals surface area contributed by atoms with Crippen LogP contribution in [-0.4, -0.2) is 120 Å². The third-order valence-electron chi connectivity index (χ3n) is 19.3. The van der Waals surface area contributed by atoms with Gasteiger partial charge < -0.3 is 45.0 Å². The zero-order valence-corrected chi connectivity index (χ0v) is 60.7. The number of phenols is 3. The van der Waals surface area contributed by atoms with Gasteiger partial charge in [0.05, 0.1) is 14.7 Å². The maximum Gasteiger partial charge on any atom is 0.410 e. The lowest BCUT2D eigenvalue weighted by Crippen LogP contribution is -2.51. The highest BCUT2D eigenvalue weighted by atomic mass is 28.3. The predicted octanol–water partition coefficient (Wildman–Crippen LogP) is 19.2. The van der Waals surface area contributed by atoms with Crippen LogP contribution in [0, 0.1) is 0 Å². The van der Waals surface area contributed by atoms with Crippen LogP contribution in [0.5, 0.6) is 17.2 Å². The molecule has 9 aromatic carbocycles. The number of hydrogen-bond donors (Lipinski definition) is 5. The summed E-state index contributed by atoms with van der Waals surface area (Å²) < 4.78 is 18.7. The summed E-state index contributed by atoms with van der Waals surface area (Å²) in [5, 5.41) is 50.2. The predicted molar refractivity (Wildman–Crippen MR) is 418 cm³/mol. The monoisotopic (exact) mass is 1370 g/mol. The van der Waals surface area contributed by atoms with Crippen molar-refractivity contribution in [3.8, 4) is 17.2 Å². The minimum absolute atomic E-state index is 0.160. The summed E-state index contributed by atoms with van der Waals surface area (Å²) in [5.74, 6) is 1.01. The number of ether oxygens (including phenoxy) is 1. The molecule has 3 aliphatic heterocycles. The van der Waals surface area contributed by atoms with E-state index >= 15 is 0 Å². The van der Waals surface area contributed by atoms with Crippen LogP contribution in [0.2, 0.25) is 13.1 Å². The summed E-state index contributed by atoms with van der Waals surface area (Å²) in [5.41, 5.74) is 18.7. The number of aliphatic hydroxyl groups is 2. The van der Waals surface area contributed by atoms with Crippen LogP contribution in [0.25, 0.3) is 33.4 Å². The Bertz CT molecular complexity index is 4120. The van der Waals surface area contributed by atoms with Crippen LogP contribution in [0.1, 0.15) is 153 Å². The Balaban J connectivity index is 0.000000164. The maximum atomic E-state index is 13.3. The van der Waals surface area contributed by atoms with Crippen LogP contribution in [0.4, 0.5) is 14.9 Å². The number of alkyl halides is 1. The fourth-order valence-corrected chi connectivity index (χ4v) is 16.8. The van der Waals surface area contributed by atoms with E-state index in [2.05, 4.69) is 156 Å². The molecule has 12 rings (SSSR count). The van der Waals surface area contributed by atoms with Gasteiger partial charge in [0.2, 0.25) is 0 Å². The molecule has 0 radical (unpaired) electrons. The molecule has 0 unspecified atom stereocenters. The number of rotatable bonds is 23. The van der Waals surface area contributed by atoms with Crippen LogP contribution in [0.3, 0.4) is 0 Å². The highest BCUT2D eigenvalue weighted by Gasteiger charge is 2.35. The molecule has 0 spiro atoms. The molecule has 3 saturated heterocycles. The lowest BCUT2D eigenvalue weighted by Gasteiger charge is -2.40. The fraction of sp³-hybridized carbons (Fsp3) is 0.315. The molecule has 5 N–H and O–H groups in total. The number of phenolic OH excluding ortho intramolecular Hbond substituents is 3. The fourth-order valence-electron chi connectivity index (χ4n) is 14.1. The van der Waals surface area contributed by atoms with Gasteiger partial charge in [-0.2, -0.15) is 0 Å². The van der Waals surface area contributed by atoms with Crippen LogP contribution < -0.4 is 10.1 Å². The van der Waals surface area contributed by atoms with Crippen molar-refractivity contribution in [3.05, 3.63) is 292 Å². The van der Waals surface area contributed by atoms with Crippen molar-refractivity contribution in [2.24, 2.45) is 0 Å². The molecular formula is C89H102FN3O7Si. The summed E-state index contributed by atoms with van der Waals surface area (Å²) in [4.78, 5) is 19.1. The number of benzene rings is 9. The van der Waals surface area contributed by atoms with E-state index in [9.17, 15) is 34.7 Å². The van der Waals surface area contributed by atoms with Gasteiger partial charge >= 0.3 is 6.09 Å². The molecule has 10 nitrogen and oxygen atoms in total. The van der Waals surface area contributed by atoms with E-state index in [0.717, 1.165) is 76.0 Å². The van der Waals surface area contributed by atoms with Crippen LogP contribution in [-0.2, 0) is 4.74 Å². The van der Waals surface area contributed by atoms with Gasteiger partial charge in [-0.1, -0.05) is 206 Å². The number of piperidine rings is 1. The number of halogens is 1. The number of hydrogen-bond acceptors (Lipinski definition) is 9. The van der Waals surface area contributed by atoms with Crippen molar-refractivity contribution in [1.82, 2.24) is 9.80 Å². The molecule has 3 fully saturated rings. The number of allylic oxidation sites excluding steroid dienone is 3. The second kappa shape index (κ2) is 36.3. The highest BCUT2D eigenvalue weighted by Crippen LogP contribution is 2.41. The minimum atomic E-state index is -1.56. The Labute approximate surface area is 600 Å². The van der Waals surface area contributed by atoms with Crippen molar-refractivity contribution in [3.63, 3.8) is 0 Å². The van der Waals surface area contributed by atoms with Gasteiger partial charge in [0.15, 0.2) is 0 Å². The van der Waals surface area contributed by atoms with Gasteiger partial charge in [0.25, 0.3) is 0 Å². The molecule has 3 heterocycles. The number of carbonyl (C=O) groups excluding carboxylic acids is 1. The van der Waals surface area contributed by atoms with Crippen molar-refractivity contribution in [1.29, 1.82) is 0 Å². The second-order valence-corrected chi connectivity index (χ2v) is 33.2. The zero-order chi connectivity index (χ0) is 71.1. The number of aromatic hydroxyl groups is 3. The molecule has 3 aliphatic rings. The van der Waals surface area contributed by atoms with Crippen LogP contribution in [0.15, 0.2) is 237 Å². The molecule has 0 atom stereocenters. The first-order valence-corrected chi connectivity index (χ1v) is 39.5. The first kappa shape index (κ1) is 74.4. The van der Waals surface area contributed by atoms with Crippen molar-refractivity contribution in [2.45, 2.75) is 116 Å². The molecule has 526 valence electrons. The normalized spacial score (nSPS) is 15.0. The summed E-state index contributed by atoms with van der Waals surface area (Å²) in [6, 6.07) is 79.6. The van der Waals surface area contributed by atoms with Crippen molar-refractivity contribution in [2.75, 3.05) is 70.2 Å². The Morgan fingerprint density at radius 3 is 1.16 bits per heavy atom. The van der Waals surface area contributed by atoms with E-state index in [0.29, 0.717) is 38.8 Å². The number of nitrogens with zero attached hydrogens (tertiary/aromatic N) is 3. The number of aliphatic hydroxyl groups excluding tert-OH is 2. The van der Waals surface area contributed by atoms with Gasteiger partial charge in [0.1, 0.15) is 22.8 Å². The van der Waals surface area contributed by atoms with Crippen molar-refractivity contribution >= 4 is 58.5 Å². The number of amides is 1. The Kier molecular flexibility index (Phi) is 26.8. The lowest BCUT2D eigenvalue weighted by atomic mass is 9.85. The average molecular weight is 1370 g/mol. The number of likely N-dealkylation sites (tertiary alicyclic amines) is 2. The molecule has 101 heavy (non-hydrogen) atoms. The van der Waals surface area contributed by atoms with Gasteiger partial charge in [-0.05, 0) is 248 Å². The van der Waals surface area contributed by atoms with E-state index in [-0.39, 0.29) is 49.1 Å². The summed E-state index contributed by atoms with van der Waals surface area (Å²) >= 11 is 0. The molecule has 0 aliphatic carbocycles. The second-order valence-electron chi connectivity index (χ2n) is 28.5. The molecule has 9 aromatic rings. The largest absolute Gasteiger partial charge is 0.508 e. The average Bonchev–Trinajstić information content (AvgIpc) is 0.966. The minimum Gasteiger partial charge on any atom is -0.508 e. The molecular weight excluding hydrogens is 1270 g/mol. The van der Waals surface area contributed by atoms with E-state index in [1.54, 1.807) is 41.3 Å². The van der Waals surface area contributed by atoms with Gasteiger partial charge in [-0.25, -0.2) is 4.79 Å². The highest BCUT2D eigenvalue weighted by molar-refractivity contribution is 6.90. The Morgan fingerprint density at radius 2 is 0.792 bits per heavy atom. The summed E-state index contributed by atoms with van der Waals surface area (Å²) in [6.07, 6.45) is 11.5. The van der Waals surface area contributed by atoms with Crippen LogP contribution >= 0.6 is 0 Å². The first-order chi connectivity index (χ1) is 49.0. The zero-order valence-electron chi connectivity index (χ0n) is 59.7. The van der Waals surface area contributed by atoms with Gasteiger partial charge in [0, 0.05) is 51.0 Å². The number of anilines is 1. The van der Waals surface area contributed by atoms with E-state index in [4.69, 9.17) is 4.74 Å². The molecule has 0 aromatic heterocycles. The first-order valence-electron chi connectivity index (χ1n) is 36.3. The van der Waals surface area contributed by atoms with Gasteiger partial charge in [-0.15, -0.1) is 0 Å². The van der Waals surface area contributed by atoms with E-state index in [1.165, 1.54) is 101 Å². The topological polar surface area (TPSA) is 137 Å². The molecule has 12 heteroatoms. The quantitative estimate of drug-likeness (QED) is 0.0313. The van der Waals surface area contributed by atoms with E-state index in [1.807, 2.05) is 87.5 Å². The Hall–Kier alpha value is -9.30. The Morgan fingerprint density at radius 1 is 0.446 bits per heavy atom. The third kappa shape index (κ3) is 20.7.